The average molecular weight is 539 g/mol. The Morgan fingerprint density at radius 2 is 1.90 bits per heavy atom. The van der Waals surface area contributed by atoms with Crippen molar-refractivity contribution in [2.45, 2.75) is 32.1 Å². The molecule has 6 rings (SSSR count). The van der Waals surface area contributed by atoms with Gasteiger partial charge in [-0.15, -0.1) is 0 Å². The zero-order chi connectivity index (χ0) is 28.0. The van der Waals surface area contributed by atoms with Crippen molar-refractivity contribution in [1.82, 2.24) is 14.9 Å². The fraction of sp³-hybridized carbons (Fsp3) is 0.233. The maximum Gasteiger partial charge on any atom is 0.352 e. The molecule has 2 aliphatic rings. The highest BCUT2D eigenvalue weighted by Crippen LogP contribution is 2.41. The second-order valence-corrected chi connectivity index (χ2v) is 9.77. The van der Waals surface area contributed by atoms with Gasteiger partial charge in [-0.05, 0) is 42.8 Å². The number of cyclic esters (lactones) is 1. The number of carbonyl (C=O) groups is 2. The molecule has 0 aliphatic carbocycles. The molecule has 4 heterocycles. The minimum absolute atomic E-state index is 0.105. The Bertz CT molecular complexity index is 1740. The molecule has 40 heavy (non-hydrogen) atoms. The molecule has 2 atom stereocenters. The number of aromatic nitrogens is 2. The van der Waals surface area contributed by atoms with Gasteiger partial charge in [0, 0.05) is 22.9 Å². The molecule has 10 nitrogen and oxygen atoms in total. The lowest BCUT2D eigenvalue weighted by molar-refractivity contribution is -0.171. The van der Waals surface area contributed by atoms with Crippen molar-refractivity contribution in [3.63, 3.8) is 0 Å². The Balaban J connectivity index is 1.23. The quantitative estimate of drug-likeness (QED) is 0.217. The van der Waals surface area contributed by atoms with Crippen LogP contribution in [0.1, 0.15) is 41.3 Å². The van der Waals surface area contributed by atoms with E-state index in [0.29, 0.717) is 22.7 Å². The summed E-state index contributed by atoms with van der Waals surface area (Å²) in [6.07, 6.45) is -1.12. The molecule has 2 aliphatic heterocycles. The van der Waals surface area contributed by atoms with Gasteiger partial charge >= 0.3 is 11.9 Å². The Labute approximate surface area is 229 Å². The van der Waals surface area contributed by atoms with E-state index in [0.717, 1.165) is 22.0 Å². The molecule has 0 radical (unpaired) electrons. The minimum Gasteiger partial charge on any atom is -0.497 e. The number of benzene rings is 2. The Kier molecular flexibility index (Phi) is 6.30. The third kappa shape index (κ3) is 4.37. The number of pyridine rings is 2. The lowest BCUT2D eigenvalue weighted by Crippen LogP contribution is -2.37. The van der Waals surface area contributed by atoms with E-state index in [1.54, 1.807) is 29.9 Å². The first-order valence-corrected chi connectivity index (χ1v) is 12.8. The fourth-order valence-electron chi connectivity index (χ4n) is 5.24. The van der Waals surface area contributed by atoms with Crippen LogP contribution in [0, 0.1) is 5.41 Å². The van der Waals surface area contributed by atoms with E-state index in [9.17, 15) is 14.4 Å². The highest BCUT2D eigenvalue weighted by Gasteiger charge is 2.39. The molecule has 0 fully saturated rings. The van der Waals surface area contributed by atoms with Crippen molar-refractivity contribution in [2.24, 2.45) is 0 Å². The summed E-state index contributed by atoms with van der Waals surface area (Å²) in [5.41, 5.74) is 4.03. The van der Waals surface area contributed by atoms with Crippen molar-refractivity contribution in [2.75, 3.05) is 13.7 Å². The number of rotatable bonds is 6. The Hall–Kier alpha value is -4.99. The normalized spacial score (nSPS) is 16.9. The molecule has 0 saturated heterocycles. The second-order valence-electron chi connectivity index (χ2n) is 9.77. The summed E-state index contributed by atoms with van der Waals surface area (Å²) < 4.78 is 17.5. The molecular weight excluding hydrogens is 512 g/mol. The number of amidine groups is 1. The van der Waals surface area contributed by atoms with Crippen LogP contribution >= 0.6 is 0 Å². The number of carbonyl (C=O) groups excluding carboxylic acids is 2. The van der Waals surface area contributed by atoms with Crippen molar-refractivity contribution in [1.29, 1.82) is 5.41 Å². The molecule has 0 bridgehead atoms. The summed E-state index contributed by atoms with van der Waals surface area (Å²) in [5, 5.41) is 11.9. The van der Waals surface area contributed by atoms with Crippen molar-refractivity contribution in [3.8, 4) is 17.1 Å². The van der Waals surface area contributed by atoms with Crippen LogP contribution in [0.25, 0.3) is 22.3 Å². The predicted molar refractivity (Wildman–Crippen MR) is 146 cm³/mol. The van der Waals surface area contributed by atoms with E-state index in [1.807, 2.05) is 49.4 Å². The molecule has 2 aromatic carbocycles. The first kappa shape index (κ1) is 25.3. The van der Waals surface area contributed by atoms with Crippen LogP contribution in [-0.4, -0.2) is 41.0 Å². The predicted octanol–water partition coefficient (Wildman–Crippen LogP) is 3.45. The Morgan fingerprint density at radius 1 is 1.12 bits per heavy atom. The lowest BCUT2D eigenvalue weighted by Gasteiger charge is -2.25. The number of esters is 2. The number of nitrogens with one attached hydrogen (secondary N) is 2. The number of ether oxygens (including phenoxy) is 3. The third-order valence-electron chi connectivity index (χ3n) is 7.30. The minimum atomic E-state index is -1.40. The third-order valence-corrected chi connectivity index (χ3v) is 7.30. The average Bonchev–Trinajstić information content (AvgIpc) is 3.23. The summed E-state index contributed by atoms with van der Waals surface area (Å²) in [7, 11) is 1.58. The highest BCUT2D eigenvalue weighted by molar-refractivity contribution is 5.88. The summed E-state index contributed by atoms with van der Waals surface area (Å²) >= 11 is 0. The molecule has 0 spiro atoms. The number of nitrogens with zero attached hydrogens (tertiary/aromatic N) is 2. The van der Waals surface area contributed by atoms with Crippen molar-refractivity contribution < 1.29 is 23.8 Å². The van der Waals surface area contributed by atoms with Gasteiger partial charge in [0.15, 0.2) is 0 Å². The van der Waals surface area contributed by atoms with E-state index in [2.05, 4.69) is 5.32 Å². The molecular formula is C30H26N4O6. The van der Waals surface area contributed by atoms with Gasteiger partial charge in [-0.2, -0.15) is 0 Å². The first-order chi connectivity index (χ1) is 19.3. The molecule has 2 N–H and O–H groups in total. The van der Waals surface area contributed by atoms with Crippen molar-refractivity contribution in [3.05, 3.63) is 93.3 Å². The molecule has 10 heteroatoms. The summed E-state index contributed by atoms with van der Waals surface area (Å²) in [4.78, 5) is 43.9. The van der Waals surface area contributed by atoms with Crippen LogP contribution in [0.5, 0.6) is 5.75 Å². The fourth-order valence-corrected chi connectivity index (χ4v) is 5.24. The van der Waals surface area contributed by atoms with Crippen LogP contribution < -0.4 is 15.6 Å². The zero-order valence-electron chi connectivity index (χ0n) is 21.9. The van der Waals surface area contributed by atoms with E-state index >= 15 is 0 Å². The first-order valence-electron chi connectivity index (χ1n) is 12.8. The maximum absolute atomic E-state index is 13.6. The maximum atomic E-state index is 13.6. The molecule has 202 valence electrons. The standard InChI is InChI=1S/C30H26N4O6/c1-16-20-12-18-5-3-4-6-23(18)33-27(20)24-13-21-22(29(36)34(16)24)15-39-30(37)28(21)40-26(35)14-32-25(31)11-17-7-9-19(38-2)10-8-17/h3-10,12-13,16,28H,11,14-15H2,1-2H3,(H2,31,32)/t16?,28-/m0/s1. The van der Waals surface area contributed by atoms with Gasteiger partial charge in [-0.25, -0.2) is 9.78 Å². The Morgan fingerprint density at radius 3 is 2.67 bits per heavy atom. The molecule has 0 amide bonds. The molecule has 2 aromatic heterocycles. The van der Waals surface area contributed by atoms with E-state index < -0.39 is 18.0 Å². The van der Waals surface area contributed by atoms with Crippen LogP contribution in [0.15, 0.2) is 65.5 Å². The van der Waals surface area contributed by atoms with Gasteiger partial charge in [0.05, 0.1) is 41.5 Å². The molecule has 0 saturated carbocycles. The topological polar surface area (TPSA) is 133 Å². The van der Waals surface area contributed by atoms with Gasteiger partial charge in [0.2, 0.25) is 6.10 Å². The van der Waals surface area contributed by atoms with E-state index in [4.69, 9.17) is 24.6 Å². The van der Waals surface area contributed by atoms with Crippen LogP contribution in [-0.2, 0) is 32.1 Å². The van der Waals surface area contributed by atoms with Crippen molar-refractivity contribution >= 4 is 28.7 Å². The molecule has 4 aromatic rings. The van der Waals surface area contributed by atoms with Crippen LogP contribution in [0.3, 0.4) is 0 Å². The van der Waals surface area contributed by atoms with E-state index in [1.165, 1.54) is 0 Å². The smallest absolute Gasteiger partial charge is 0.352 e. The number of para-hydroxylation sites is 1. The SMILES string of the molecule is COc1ccc(CC(=N)NCC(=O)O[C@@H]2C(=O)OCc3c2cc2n(c3=O)C(C)c3cc4ccccc4nc3-2)cc1. The monoisotopic (exact) mass is 538 g/mol. The van der Waals surface area contributed by atoms with Gasteiger partial charge in [-0.1, -0.05) is 30.3 Å². The summed E-state index contributed by atoms with van der Waals surface area (Å²) in [5.74, 6) is -0.698. The summed E-state index contributed by atoms with van der Waals surface area (Å²) in [6, 6.07) is 18.4. The lowest BCUT2D eigenvalue weighted by atomic mass is 10.00. The van der Waals surface area contributed by atoms with Crippen LogP contribution in [0.4, 0.5) is 0 Å². The summed E-state index contributed by atoms with van der Waals surface area (Å²) in [6.45, 7) is 1.40. The van der Waals surface area contributed by atoms with E-state index in [-0.39, 0.29) is 42.6 Å². The largest absolute Gasteiger partial charge is 0.497 e. The van der Waals surface area contributed by atoms with Crippen LogP contribution in [0.2, 0.25) is 0 Å². The van der Waals surface area contributed by atoms with Gasteiger partial charge in [0.1, 0.15) is 18.9 Å². The molecule has 1 unspecified atom stereocenters. The number of fused-ring (bicyclic) bond motifs is 5. The highest BCUT2D eigenvalue weighted by atomic mass is 16.6. The number of methoxy groups -OCH3 is 1. The van der Waals surface area contributed by atoms with Gasteiger partial charge in [0.25, 0.3) is 5.56 Å². The zero-order valence-corrected chi connectivity index (χ0v) is 21.9. The number of hydrogen-bond acceptors (Lipinski definition) is 8. The van der Waals surface area contributed by atoms with Gasteiger partial charge < -0.3 is 19.5 Å². The number of hydrogen-bond donors (Lipinski definition) is 2. The second kappa shape index (κ2) is 9.96. The van der Waals surface area contributed by atoms with Gasteiger partial charge in [-0.3, -0.25) is 19.6 Å².